The highest BCUT2D eigenvalue weighted by molar-refractivity contribution is 7.82. The molecule has 0 aromatic carbocycles. The normalized spacial score (nSPS) is 9.78. The number of nitrogens with zero attached hydrogens (tertiary/aromatic N) is 1. The first-order valence-corrected chi connectivity index (χ1v) is 3.61. The van der Waals surface area contributed by atoms with Crippen LogP contribution in [0.3, 0.4) is 0 Å². The molecule has 0 aliphatic heterocycles. The van der Waals surface area contributed by atoms with Gasteiger partial charge in [-0.25, -0.2) is 0 Å². The van der Waals surface area contributed by atoms with Crippen LogP contribution < -0.4 is 0 Å². The van der Waals surface area contributed by atoms with Crippen LogP contribution in [0.5, 0.6) is 0 Å². The average Bonchev–Trinajstić information content (AvgIpc) is 1.82. The van der Waals surface area contributed by atoms with Crippen LogP contribution >= 0.6 is 23.8 Å². The minimum absolute atomic E-state index is 0.0544. The van der Waals surface area contributed by atoms with E-state index in [0.717, 1.165) is 13.1 Å². The minimum Gasteiger partial charge on any atom is -0.381 e. The fraction of sp³-hybridized carbons (Fsp3) is 0.800. The van der Waals surface area contributed by atoms with E-state index in [9.17, 15) is 0 Å². The molecule has 0 atom stereocenters. The van der Waals surface area contributed by atoms with Crippen LogP contribution in [0.25, 0.3) is 0 Å². The maximum atomic E-state index is 5.30. The van der Waals surface area contributed by atoms with Gasteiger partial charge in [0, 0.05) is 13.1 Å². The number of hydroxylamine groups is 2. The van der Waals surface area contributed by atoms with Gasteiger partial charge in [-0.05, 0) is 37.7 Å². The molecule has 0 saturated carbocycles. The Hall–Kier alpha value is 0.140. The molecule has 0 aliphatic rings. The molecule has 2 nitrogen and oxygen atoms in total. The predicted molar refractivity (Wildman–Crippen MR) is 42.5 cm³/mol. The third-order valence-corrected chi connectivity index (χ3v) is 1.05. The van der Waals surface area contributed by atoms with Crippen molar-refractivity contribution in [2.24, 2.45) is 0 Å². The van der Waals surface area contributed by atoms with Gasteiger partial charge in [0.1, 0.15) is 0 Å². The van der Waals surface area contributed by atoms with Crippen molar-refractivity contribution in [3.63, 3.8) is 0 Å². The van der Waals surface area contributed by atoms with Gasteiger partial charge in [0.05, 0.1) is 0 Å². The summed E-state index contributed by atoms with van der Waals surface area (Å²) >= 11 is 9.80. The molecule has 0 unspecified atom stereocenters. The Bertz CT molecular complexity index is 95.0. The second kappa shape index (κ2) is 4.97. The van der Waals surface area contributed by atoms with Gasteiger partial charge in [0.25, 0.3) is 4.51 Å². The zero-order chi connectivity index (χ0) is 7.28. The number of halogens is 1. The monoisotopic (exact) mass is 167 g/mol. The van der Waals surface area contributed by atoms with E-state index in [2.05, 4.69) is 12.2 Å². The first-order valence-electron chi connectivity index (χ1n) is 2.83. The summed E-state index contributed by atoms with van der Waals surface area (Å²) in [5.74, 6) is 0. The fourth-order valence-corrected chi connectivity index (χ4v) is 0.657. The molecular weight excluding hydrogens is 158 g/mol. The molecule has 9 heavy (non-hydrogen) atoms. The molecule has 0 amide bonds. The molecule has 0 bridgehead atoms. The molecule has 0 radical (unpaired) electrons. The van der Waals surface area contributed by atoms with Crippen molar-refractivity contribution in [2.45, 2.75) is 13.8 Å². The Kier molecular flexibility index (Phi) is 5.04. The summed E-state index contributed by atoms with van der Waals surface area (Å²) in [7, 11) is 0. The smallest absolute Gasteiger partial charge is 0.278 e. The Balaban J connectivity index is 3.43. The van der Waals surface area contributed by atoms with Crippen molar-refractivity contribution in [3.8, 4) is 0 Å². The topological polar surface area (TPSA) is 12.5 Å². The molecule has 0 saturated heterocycles. The van der Waals surface area contributed by atoms with E-state index in [1.807, 2.05) is 13.8 Å². The highest BCUT2D eigenvalue weighted by Gasteiger charge is 1.99. The van der Waals surface area contributed by atoms with Gasteiger partial charge in [0.15, 0.2) is 0 Å². The van der Waals surface area contributed by atoms with Crippen molar-refractivity contribution in [1.29, 1.82) is 0 Å². The van der Waals surface area contributed by atoms with Crippen LogP contribution in [0.1, 0.15) is 13.8 Å². The highest BCUT2D eigenvalue weighted by atomic mass is 35.5. The van der Waals surface area contributed by atoms with Crippen LogP contribution in [0.4, 0.5) is 0 Å². The first kappa shape index (κ1) is 9.14. The van der Waals surface area contributed by atoms with Gasteiger partial charge < -0.3 is 4.84 Å². The van der Waals surface area contributed by atoms with Crippen molar-refractivity contribution in [3.05, 3.63) is 0 Å². The fourth-order valence-electron chi connectivity index (χ4n) is 0.454. The molecule has 0 spiro atoms. The first-order chi connectivity index (χ1) is 4.20. The standard InChI is InChI=1S/C5H10ClNOS/c1-3-7(4-2)8-5(6)9/h3-4H2,1-2H3. The predicted octanol–water partition coefficient (Wildman–Crippen LogP) is 1.78. The van der Waals surface area contributed by atoms with E-state index in [1.54, 1.807) is 5.06 Å². The largest absolute Gasteiger partial charge is 0.381 e. The Morgan fingerprint density at radius 3 is 2.11 bits per heavy atom. The van der Waals surface area contributed by atoms with Gasteiger partial charge in [-0.2, -0.15) is 0 Å². The van der Waals surface area contributed by atoms with E-state index in [0.29, 0.717) is 0 Å². The van der Waals surface area contributed by atoms with E-state index in [4.69, 9.17) is 16.4 Å². The lowest BCUT2D eigenvalue weighted by Gasteiger charge is -2.15. The van der Waals surface area contributed by atoms with Crippen LogP contribution in [-0.4, -0.2) is 22.7 Å². The molecule has 4 heteroatoms. The number of rotatable bonds is 3. The molecule has 0 rings (SSSR count). The molecule has 0 aliphatic carbocycles. The summed E-state index contributed by atoms with van der Waals surface area (Å²) in [5.41, 5.74) is 0. The number of hydrogen-bond donors (Lipinski definition) is 0. The van der Waals surface area contributed by atoms with E-state index in [1.165, 1.54) is 0 Å². The van der Waals surface area contributed by atoms with Crippen LogP contribution in [0, 0.1) is 0 Å². The number of hydrogen-bond acceptors (Lipinski definition) is 3. The third kappa shape index (κ3) is 4.63. The van der Waals surface area contributed by atoms with Gasteiger partial charge in [0.2, 0.25) is 0 Å². The summed E-state index contributed by atoms with van der Waals surface area (Å²) in [6.07, 6.45) is 0. The van der Waals surface area contributed by atoms with Gasteiger partial charge in [-0.1, -0.05) is 0 Å². The zero-order valence-corrected chi connectivity index (χ0v) is 7.13. The maximum Gasteiger partial charge on any atom is 0.278 e. The quantitative estimate of drug-likeness (QED) is 0.361. The molecule has 54 valence electrons. The average molecular weight is 168 g/mol. The Labute approximate surface area is 65.7 Å². The van der Waals surface area contributed by atoms with Crippen molar-refractivity contribution in [2.75, 3.05) is 13.1 Å². The van der Waals surface area contributed by atoms with E-state index >= 15 is 0 Å². The maximum absolute atomic E-state index is 5.30. The highest BCUT2D eigenvalue weighted by Crippen LogP contribution is 1.94. The SMILES string of the molecule is CCN(CC)OC(=S)Cl. The van der Waals surface area contributed by atoms with Crippen LogP contribution in [-0.2, 0) is 4.84 Å². The van der Waals surface area contributed by atoms with Crippen molar-refractivity contribution >= 4 is 28.3 Å². The molecule has 0 fully saturated rings. The van der Waals surface area contributed by atoms with Crippen LogP contribution in [0.2, 0.25) is 0 Å². The second-order valence-electron chi connectivity index (χ2n) is 1.44. The minimum atomic E-state index is 0.0544. The van der Waals surface area contributed by atoms with E-state index < -0.39 is 0 Å². The summed E-state index contributed by atoms with van der Waals surface area (Å²) in [6.45, 7) is 5.53. The van der Waals surface area contributed by atoms with Crippen molar-refractivity contribution < 1.29 is 4.84 Å². The molecule has 0 N–H and O–H groups in total. The number of thiocarbonyl (C=S) groups is 1. The van der Waals surface area contributed by atoms with Gasteiger partial charge in [-0.3, -0.25) is 0 Å². The lowest BCUT2D eigenvalue weighted by atomic mass is 10.6. The summed E-state index contributed by atoms with van der Waals surface area (Å²) in [4.78, 5) is 4.88. The Morgan fingerprint density at radius 2 is 2.00 bits per heavy atom. The molecular formula is C5H10ClNOS. The Morgan fingerprint density at radius 1 is 1.56 bits per heavy atom. The van der Waals surface area contributed by atoms with Crippen LogP contribution in [0.15, 0.2) is 0 Å². The summed E-state index contributed by atoms with van der Waals surface area (Å²) < 4.78 is 0.0544. The molecule has 0 aromatic rings. The zero-order valence-electron chi connectivity index (χ0n) is 5.56. The molecule has 0 aromatic heterocycles. The lowest BCUT2D eigenvalue weighted by Crippen LogP contribution is -2.24. The summed E-state index contributed by atoms with van der Waals surface area (Å²) in [6, 6.07) is 0. The van der Waals surface area contributed by atoms with Gasteiger partial charge in [-0.15, -0.1) is 5.06 Å². The summed E-state index contributed by atoms with van der Waals surface area (Å²) in [5, 5.41) is 1.68. The van der Waals surface area contributed by atoms with Crippen molar-refractivity contribution in [1.82, 2.24) is 5.06 Å². The third-order valence-electron chi connectivity index (χ3n) is 0.906. The van der Waals surface area contributed by atoms with Gasteiger partial charge >= 0.3 is 0 Å². The van der Waals surface area contributed by atoms with E-state index in [-0.39, 0.29) is 4.51 Å². The molecule has 0 heterocycles. The second-order valence-corrected chi connectivity index (χ2v) is 2.38. The lowest BCUT2D eigenvalue weighted by molar-refractivity contribution is -0.0563.